The van der Waals surface area contributed by atoms with Crippen molar-refractivity contribution in [1.29, 1.82) is 0 Å². The molecule has 2 aromatic carbocycles. The van der Waals surface area contributed by atoms with Crippen molar-refractivity contribution in [3.05, 3.63) is 70.6 Å². The highest BCUT2D eigenvalue weighted by atomic mass is 16.5. The van der Waals surface area contributed by atoms with Crippen molar-refractivity contribution in [3.8, 4) is 11.5 Å². The molecule has 0 fully saturated rings. The van der Waals surface area contributed by atoms with Crippen LogP contribution >= 0.6 is 0 Å². The molecule has 0 radical (unpaired) electrons. The van der Waals surface area contributed by atoms with Crippen LogP contribution in [0.5, 0.6) is 11.5 Å². The van der Waals surface area contributed by atoms with Gasteiger partial charge in [0.1, 0.15) is 11.5 Å². The van der Waals surface area contributed by atoms with Crippen LogP contribution in [0, 0.1) is 0 Å². The minimum absolute atomic E-state index is 0.0300. The third kappa shape index (κ3) is 4.28. The summed E-state index contributed by atoms with van der Waals surface area (Å²) in [5, 5.41) is 1.52. The summed E-state index contributed by atoms with van der Waals surface area (Å²) in [4.78, 5) is 24.0. The molecule has 0 bridgehead atoms. The number of methoxy groups -OCH3 is 2. The van der Waals surface area contributed by atoms with Crippen LogP contribution in [0.2, 0.25) is 0 Å². The Morgan fingerprint density at radius 1 is 1.00 bits per heavy atom. The number of hydrogen-bond acceptors (Lipinski definition) is 5. The van der Waals surface area contributed by atoms with Gasteiger partial charge in [-0.25, -0.2) is 4.79 Å². The second-order valence-corrected chi connectivity index (χ2v) is 5.99. The number of esters is 1. The molecule has 3 rings (SSSR count). The van der Waals surface area contributed by atoms with Gasteiger partial charge in [0, 0.05) is 18.1 Å². The van der Waals surface area contributed by atoms with Crippen LogP contribution in [-0.2, 0) is 11.3 Å². The van der Waals surface area contributed by atoms with Crippen molar-refractivity contribution in [1.82, 2.24) is 4.57 Å². The molecule has 0 atom stereocenters. The summed E-state index contributed by atoms with van der Waals surface area (Å²) in [6.45, 7) is 1.02. The van der Waals surface area contributed by atoms with Crippen LogP contribution in [0.4, 0.5) is 0 Å². The lowest BCUT2D eigenvalue weighted by molar-refractivity contribution is 0.0600. The van der Waals surface area contributed by atoms with Gasteiger partial charge >= 0.3 is 5.97 Å². The summed E-state index contributed by atoms with van der Waals surface area (Å²) >= 11 is 0. The predicted octanol–water partition coefficient (Wildman–Crippen LogP) is 3.27. The molecule has 0 amide bonds. The van der Waals surface area contributed by atoms with Crippen LogP contribution in [0.3, 0.4) is 0 Å². The van der Waals surface area contributed by atoms with E-state index in [1.54, 1.807) is 54.3 Å². The standard InChI is InChI=1S/C21H21NO5/c1-25-18-8-9-19-16(14-18)10-12-22(20(19)23)11-3-13-27-17-6-4-15(5-7-17)21(24)26-2/h4-10,12,14H,3,11,13H2,1-2H3. The van der Waals surface area contributed by atoms with E-state index in [4.69, 9.17) is 9.47 Å². The molecule has 6 heteroatoms. The molecule has 1 aromatic heterocycles. The second-order valence-electron chi connectivity index (χ2n) is 5.99. The van der Waals surface area contributed by atoms with Crippen molar-refractivity contribution in [2.75, 3.05) is 20.8 Å². The molecule has 0 aliphatic carbocycles. The number of aryl methyl sites for hydroxylation is 1. The van der Waals surface area contributed by atoms with E-state index in [0.717, 1.165) is 11.1 Å². The topological polar surface area (TPSA) is 66.8 Å². The van der Waals surface area contributed by atoms with Gasteiger partial charge in [0.25, 0.3) is 5.56 Å². The Morgan fingerprint density at radius 3 is 2.44 bits per heavy atom. The number of fused-ring (bicyclic) bond motifs is 1. The van der Waals surface area contributed by atoms with Gasteiger partial charge < -0.3 is 18.8 Å². The van der Waals surface area contributed by atoms with Crippen molar-refractivity contribution in [3.63, 3.8) is 0 Å². The molecule has 27 heavy (non-hydrogen) atoms. The van der Waals surface area contributed by atoms with Crippen molar-refractivity contribution >= 4 is 16.7 Å². The maximum Gasteiger partial charge on any atom is 0.337 e. The number of hydrogen-bond donors (Lipinski definition) is 0. The summed E-state index contributed by atoms with van der Waals surface area (Å²) in [6, 6.07) is 14.1. The van der Waals surface area contributed by atoms with Crippen LogP contribution in [-0.4, -0.2) is 31.4 Å². The first-order valence-corrected chi connectivity index (χ1v) is 8.61. The number of pyridine rings is 1. The number of carbonyl (C=O) groups is 1. The molecule has 1 heterocycles. The molecule has 3 aromatic rings. The molecule has 0 unspecified atom stereocenters. The lowest BCUT2D eigenvalue weighted by Gasteiger charge is -2.10. The van der Waals surface area contributed by atoms with Gasteiger partial charge in [-0.2, -0.15) is 0 Å². The molecule has 0 spiro atoms. The Bertz CT molecular complexity index is 992. The van der Waals surface area contributed by atoms with Gasteiger partial charge in [-0.1, -0.05) is 0 Å². The molecule has 140 valence electrons. The maximum absolute atomic E-state index is 12.6. The highest BCUT2D eigenvalue weighted by Gasteiger charge is 2.06. The minimum Gasteiger partial charge on any atom is -0.497 e. The van der Waals surface area contributed by atoms with E-state index in [2.05, 4.69) is 4.74 Å². The summed E-state index contributed by atoms with van der Waals surface area (Å²) in [6.07, 6.45) is 2.47. The second kappa shape index (κ2) is 8.40. The zero-order valence-electron chi connectivity index (χ0n) is 15.3. The fraction of sp³-hybridized carbons (Fsp3) is 0.238. The van der Waals surface area contributed by atoms with Gasteiger partial charge in [0.2, 0.25) is 0 Å². The Kier molecular flexibility index (Phi) is 5.76. The quantitative estimate of drug-likeness (QED) is 0.474. The maximum atomic E-state index is 12.6. The molecule has 0 aliphatic rings. The summed E-state index contributed by atoms with van der Waals surface area (Å²) < 4.78 is 17.2. The van der Waals surface area contributed by atoms with Crippen LogP contribution in [0.25, 0.3) is 10.8 Å². The lowest BCUT2D eigenvalue weighted by Crippen LogP contribution is -2.20. The minimum atomic E-state index is -0.380. The van der Waals surface area contributed by atoms with Gasteiger partial charge in [0.15, 0.2) is 0 Å². The van der Waals surface area contributed by atoms with E-state index in [-0.39, 0.29) is 11.5 Å². The monoisotopic (exact) mass is 367 g/mol. The first-order valence-electron chi connectivity index (χ1n) is 8.61. The van der Waals surface area contributed by atoms with Gasteiger partial charge in [-0.3, -0.25) is 4.79 Å². The fourth-order valence-electron chi connectivity index (χ4n) is 2.80. The number of nitrogens with zero attached hydrogens (tertiary/aromatic N) is 1. The van der Waals surface area contributed by atoms with Gasteiger partial charge in [-0.15, -0.1) is 0 Å². The third-order valence-electron chi connectivity index (χ3n) is 4.27. The van der Waals surface area contributed by atoms with Crippen molar-refractivity contribution in [2.24, 2.45) is 0 Å². The highest BCUT2D eigenvalue weighted by Crippen LogP contribution is 2.18. The molecule has 0 saturated heterocycles. The largest absolute Gasteiger partial charge is 0.497 e. The lowest BCUT2D eigenvalue weighted by atomic mass is 10.1. The number of rotatable bonds is 7. The van der Waals surface area contributed by atoms with E-state index in [1.807, 2.05) is 12.1 Å². The van der Waals surface area contributed by atoms with Crippen molar-refractivity contribution in [2.45, 2.75) is 13.0 Å². The number of carbonyl (C=O) groups excluding carboxylic acids is 1. The Hall–Kier alpha value is -3.28. The number of ether oxygens (including phenoxy) is 3. The van der Waals surface area contributed by atoms with E-state index < -0.39 is 0 Å². The predicted molar refractivity (Wildman–Crippen MR) is 103 cm³/mol. The Morgan fingerprint density at radius 2 is 1.74 bits per heavy atom. The van der Waals surface area contributed by atoms with Crippen LogP contribution in [0.15, 0.2) is 59.5 Å². The van der Waals surface area contributed by atoms with E-state index in [9.17, 15) is 9.59 Å². The van der Waals surface area contributed by atoms with Crippen molar-refractivity contribution < 1.29 is 19.0 Å². The molecule has 0 saturated carbocycles. The summed E-state index contributed by atoms with van der Waals surface area (Å²) in [5.41, 5.74) is 0.446. The molecular formula is C21H21NO5. The van der Waals surface area contributed by atoms with Crippen LogP contribution < -0.4 is 15.0 Å². The van der Waals surface area contributed by atoms with E-state index in [0.29, 0.717) is 36.3 Å². The SMILES string of the molecule is COC(=O)c1ccc(OCCCn2ccc3cc(OC)ccc3c2=O)cc1. The van der Waals surface area contributed by atoms with Gasteiger partial charge in [-0.05, 0) is 60.3 Å². The summed E-state index contributed by atoms with van der Waals surface area (Å²) in [5.74, 6) is 1.02. The normalized spacial score (nSPS) is 10.6. The van der Waals surface area contributed by atoms with E-state index in [1.165, 1.54) is 7.11 Å². The zero-order chi connectivity index (χ0) is 19.2. The third-order valence-corrected chi connectivity index (χ3v) is 4.27. The summed E-state index contributed by atoms with van der Waals surface area (Å²) in [7, 11) is 2.95. The van der Waals surface area contributed by atoms with Crippen LogP contribution in [0.1, 0.15) is 16.8 Å². The first kappa shape index (κ1) is 18.5. The van der Waals surface area contributed by atoms with E-state index >= 15 is 0 Å². The average molecular weight is 367 g/mol. The molecule has 0 aliphatic heterocycles. The first-order chi connectivity index (χ1) is 13.1. The zero-order valence-corrected chi connectivity index (χ0v) is 15.3. The fourth-order valence-corrected chi connectivity index (χ4v) is 2.80. The smallest absolute Gasteiger partial charge is 0.337 e. The molecule has 6 nitrogen and oxygen atoms in total. The Labute approximate surface area is 156 Å². The van der Waals surface area contributed by atoms with Gasteiger partial charge in [0.05, 0.1) is 26.4 Å². The number of aromatic nitrogens is 1. The highest BCUT2D eigenvalue weighted by molar-refractivity contribution is 5.89. The number of benzene rings is 2. The Balaban J connectivity index is 1.58. The molecule has 0 N–H and O–H groups in total. The average Bonchev–Trinajstić information content (AvgIpc) is 2.72. The molecular weight excluding hydrogens is 346 g/mol.